The maximum absolute atomic E-state index is 14.2. The zero-order valence-electron chi connectivity index (χ0n) is 25.6. The van der Waals surface area contributed by atoms with Gasteiger partial charge in [-0.1, -0.05) is 86.1 Å². The van der Waals surface area contributed by atoms with Crippen LogP contribution in [-0.4, -0.2) is 50.5 Å². The minimum absolute atomic E-state index is 0.0735. The van der Waals surface area contributed by atoms with E-state index in [0.717, 1.165) is 21.7 Å². The van der Waals surface area contributed by atoms with Crippen LogP contribution in [0, 0.1) is 5.92 Å². The molecule has 0 saturated carbocycles. The highest BCUT2D eigenvalue weighted by atomic mass is 35.5. The summed E-state index contributed by atoms with van der Waals surface area (Å²) in [4.78, 5) is 29.4. The van der Waals surface area contributed by atoms with Crippen LogP contribution in [0.3, 0.4) is 0 Å². The average molecular weight is 648 g/mol. The van der Waals surface area contributed by atoms with Crippen molar-refractivity contribution < 1.29 is 22.7 Å². The number of ether oxygens (including phenoxy) is 1. The number of nitrogens with zero attached hydrogens (tertiary/aromatic N) is 2. The maximum atomic E-state index is 14.2. The van der Waals surface area contributed by atoms with E-state index >= 15 is 0 Å². The van der Waals surface area contributed by atoms with Crippen molar-refractivity contribution in [3.05, 3.63) is 125 Å². The van der Waals surface area contributed by atoms with Gasteiger partial charge in [0.05, 0.1) is 11.9 Å². The Morgan fingerprint density at radius 1 is 0.800 bits per heavy atom. The van der Waals surface area contributed by atoms with Crippen LogP contribution in [0.5, 0.6) is 11.5 Å². The molecule has 45 heavy (non-hydrogen) atoms. The molecule has 0 bridgehead atoms. The minimum Gasteiger partial charge on any atom is -0.457 e. The van der Waals surface area contributed by atoms with Crippen LogP contribution in [0.25, 0.3) is 0 Å². The van der Waals surface area contributed by atoms with Gasteiger partial charge in [0.25, 0.3) is 0 Å². The van der Waals surface area contributed by atoms with Gasteiger partial charge in [-0.25, -0.2) is 8.42 Å². The van der Waals surface area contributed by atoms with Gasteiger partial charge in [0.15, 0.2) is 0 Å². The Hall–Kier alpha value is -4.34. The molecule has 0 aromatic heterocycles. The summed E-state index contributed by atoms with van der Waals surface area (Å²) in [6.45, 7) is 3.98. The monoisotopic (exact) mass is 647 g/mol. The van der Waals surface area contributed by atoms with E-state index in [2.05, 4.69) is 5.32 Å². The number of carbonyl (C=O) groups excluding carboxylic acids is 2. The maximum Gasteiger partial charge on any atom is 0.244 e. The van der Waals surface area contributed by atoms with Gasteiger partial charge in [-0.05, 0) is 65.6 Å². The van der Waals surface area contributed by atoms with Crippen molar-refractivity contribution in [3.8, 4) is 11.5 Å². The predicted molar refractivity (Wildman–Crippen MR) is 179 cm³/mol. The summed E-state index contributed by atoms with van der Waals surface area (Å²) in [7, 11) is -3.90. The van der Waals surface area contributed by atoms with Gasteiger partial charge in [-0.15, -0.1) is 0 Å². The molecule has 0 radical (unpaired) electrons. The number of rotatable bonds is 14. The summed E-state index contributed by atoms with van der Waals surface area (Å²) in [6.07, 6.45) is 1.30. The number of sulfonamides is 1. The van der Waals surface area contributed by atoms with E-state index in [4.69, 9.17) is 16.3 Å². The van der Waals surface area contributed by atoms with Crippen molar-refractivity contribution in [2.24, 2.45) is 5.92 Å². The summed E-state index contributed by atoms with van der Waals surface area (Å²) in [5.74, 6) is 0.502. The lowest BCUT2D eigenvalue weighted by molar-refractivity contribution is -0.140. The van der Waals surface area contributed by atoms with Gasteiger partial charge in [0.1, 0.15) is 24.1 Å². The largest absolute Gasteiger partial charge is 0.457 e. The van der Waals surface area contributed by atoms with Crippen LogP contribution in [0.15, 0.2) is 109 Å². The summed E-state index contributed by atoms with van der Waals surface area (Å²) in [6, 6.07) is 31.2. The molecule has 0 aliphatic heterocycles. The standard InChI is InChI=1S/C35H38ClN3O5S/c1-26(2)23-37-35(41)33(22-27-10-6-4-7-11-27)38(24-28-14-16-29(36)17-15-28)34(40)25-39(45(3,42)43)30-18-20-32(21-19-30)44-31-12-8-5-9-13-31/h4-21,26,33H,22-25H2,1-3H3,(H,37,41). The summed E-state index contributed by atoms with van der Waals surface area (Å²) >= 11 is 6.12. The average Bonchev–Trinajstić information content (AvgIpc) is 3.02. The van der Waals surface area contributed by atoms with Gasteiger partial charge >= 0.3 is 0 Å². The third-order valence-corrected chi connectivity index (χ3v) is 8.40. The molecule has 0 spiro atoms. The molecule has 0 heterocycles. The molecule has 8 nitrogen and oxygen atoms in total. The topological polar surface area (TPSA) is 96.0 Å². The van der Waals surface area contributed by atoms with E-state index in [-0.39, 0.29) is 24.8 Å². The highest BCUT2D eigenvalue weighted by Crippen LogP contribution is 2.26. The fraction of sp³-hybridized carbons (Fsp3) is 0.257. The number of carbonyl (C=O) groups is 2. The van der Waals surface area contributed by atoms with Crippen LogP contribution in [0.1, 0.15) is 25.0 Å². The number of para-hydroxylation sites is 1. The molecule has 1 unspecified atom stereocenters. The van der Waals surface area contributed by atoms with Gasteiger partial charge in [-0.2, -0.15) is 0 Å². The fourth-order valence-corrected chi connectivity index (χ4v) is 5.66. The number of benzene rings is 4. The van der Waals surface area contributed by atoms with Crippen molar-refractivity contribution in [2.45, 2.75) is 32.9 Å². The quantitative estimate of drug-likeness (QED) is 0.173. The Labute approximate surface area is 270 Å². The summed E-state index contributed by atoms with van der Waals surface area (Å²) < 4.78 is 33.0. The lowest BCUT2D eigenvalue weighted by Gasteiger charge is -2.33. The highest BCUT2D eigenvalue weighted by molar-refractivity contribution is 7.92. The zero-order valence-corrected chi connectivity index (χ0v) is 27.2. The molecular formula is C35H38ClN3O5S. The first-order valence-electron chi connectivity index (χ1n) is 14.7. The van der Waals surface area contributed by atoms with Gasteiger partial charge < -0.3 is 15.0 Å². The molecule has 236 valence electrons. The van der Waals surface area contributed by atoms with E-state index in [1.807, 2.05) is 74.5 Å². The lowest BCUT2D eigenvalue weighted by atomic mass is 10.0. The zero-order chi connectivity index (χ0) is 32.4. The molecule has 0 aliphatic rings. The van der Waals surface area contributed by atoms with Crippen LogP contribution >= 0.6 is 11.6 Å². The third kappa shape index (κ3) is 10.1. The summed E-state index contributed by atoms with van der Waals surface area (Å²) in [5.41, 5.74) is 1.91. The molecule has 10 heteroatoms. The molecule has 1 atom stereocenters. The highest BCUT2D eigenvalue weighted by Gasteiger charge is 2.33. The second kappa shape index (κ2) is 15.6. The first-order valence-corrected chi connectivity index (χ1v) is 16.9. The van der Waals surface area contributed by atoms with E-state index in [1.165, 1.54) is 4.90 Å². The summed E-state index contributed by atoms with van der Waals surface area (Å²) in [5, 5.41) is 3.51. The molecule has 0 saturated heterocycles. The van der Waals surface area contributed by atoms with Crippen molar-refractivity contribution >= 4 is 39.1 Å². The van der Waals surface area contributed by atoms with E-state index in [9.17, 15) is 18.0 Å². The van der Waals surface area contributed by atoms with E-state index < -0.39 is 28.5 Å². The van der Waals surface area contributed by atoms with Crippen LogP contribution in [-0.2, 0) is 32.6 Å². The van der Waals surface area contributed by atoms with Crippen molar-refractivity contribution in [1.82, 2.24) is 10.2 Å². The minimum atomic E-state index is -3.90. The molecule has 2 amide bonds. The SMILES string of the molecule is CC(C)CNC(=O)C(Cc1ccccc1)N(Cc1ccc(Cl)cc1)C(=O)CN(c1ccc(Oc2ccccc2)cc1)S(C)(=O)=O. The van der Waals surface area contributed by atoms with Gasteiger partial charge in [0, 0.05) is 24.5 Å². The molecule has 0 fully saturated rings. The number of amides is 2. The molecule has 1 N–H and O–H groups in total. The second-order valence-electron chi connectivity index (χ2n) is 11.2. The fourth-order valence-electron chi connectivity index (χ4n) is 4.68. The number of nitrogens with one attached hydrogen (secondary N) is 1. The Bertz CT molecular complexity index is 1650. The van der Waals surface area contributed by atoms with Crippen molar-refractivity contribution in [2.75, 3.05) is 23.7 Å². The number of hydrogen-bond acceptors (Lipinski definition) is 5. The van der Waals surface area contributed by atoms with Crippen LogP contribution in [0.2, 0.25) is 5.02 Å². The first-order chi connectivity index (χ1) is 21.5. The first kappa shape index (κ1) is 33.6. The number of anilines is 1. The number of halogens is 1. The van der Waals surface area contributed by atoms with E-state index in [1.54, 1.807) is 48.5 Å². The normalized spacial score (nSPS) is 11.9. The van der Waals surface area contributed by atoms with Crippen molar-refractivity contribution in [1.29, 1.82) is 0 Å². The van der Waals surface area contributed by atoms with E-state index in [0.29, 0.717) is 28.8 Å². The molecule has 4 rings (SSSR count). The Morgan fingerprint density at radius 3 is 1.96 bits per heavy atom. The van der Waals surface area contributed by atoms with Crippen LogP contribution in [0.4, 0.5) is 5.69 Å². The van der Waals surface area contributed by atoms with Crippen LogP contribution < -0.4 is 14.4 Å². The van der Waals surface area contributed by atoms with Crippen molar-refractivity contribution in [3.63, 3.8) is 0 Å². The Kier molecular flexibility index (Phi) is 11.6. The molecular weight excluding hydrogens is 610 g/mol. The predicted octanol–water partition coefficient (Wildman–Crippen LogP) is 6.31. The number of hydrogen-bond donors (Lipinski definition) is 1. The Balaban J connectivity index is 1.67. The molecule has 4 aromatic carbocycles. The Morgan fingerprint density at radius 2 is 1.38 bits per heavy atom. The van der Waals surface area contributed by atoms with Gasteiger partial charge in [-0.3, -0.25) is 13.9 Å². The molecule has 4 aromatic rings. The molecule has 0 aliphatic carbocycles. The third-order valence-electron chi connectivity index (χ3n) is 7.00. The lowest BCUT2D eigenvalue weighted by Crippen LogP contribution is -2.53. The smallest absolute Gasteiger partial charge is 0.244 e. The second-order valence-corrected chi connectivity index (χ2v) is 13.5. The van der Waals surface area contributed by atoms with Gasteiger partial charge in [0.2, 0.25) is 21.8 Å².